The van der Waals surface area contributed by atoms with Crippen molar-refractivity contribution >= 4 is 28.9 Å². The molecule has 0 amide bonds. The zero-order chi connectivity index (χ0) is 15.1. The second-order valence-corrected chi connectivity index (χ2v) is 5.45. The van der Waals surface area contributed by atoms with Crippen LogP contribution in [0.15, 0.2) is 16.9 Å². The van der Waals surface area contributed by atoms with Gasteiger partial charge in [-0.15, -0.1) is 0 Å². The van der Waals surface area contributed by atoms with Crippen molar-refractivity contribution in [3.63, 3.8) is 0 Å². The Balaban J connectivity index is 2.25. The van der Waals surface area contributed by atoms with Crippen molar-refractivity contribution in [2.45, 2.75) is 13.1 Å². The topological polar surface area (TPSA) is 62.2 Å². The number of ether oxygens (including phenoxy) is 1. The summed E-state index contributed by atoms with van der Waals surface area (Å²) in [5.74, 6) is -0.634. The third-order valence-corrected chi connectivity index (χ3v) is 4.13. The molecular formula is C13H12Cl2FN3O2. The molecule has 0 radical (unpaired) electrons. The fourth-order valence-corrected chi connectivity index (χ4v) is 2.90. The van der Waals surface area contributed by atoms with E-state index in [1.54, 1.807) is 4.68 Å². The van der Waals surface area contributed by atoms with Crippen LogP contribution in [0.2, 0.25) is 10.2 Å². The van der Waals surface area contributed by atoms with Gasteiger partial charge in [-0.2, -0.15) is 0 Å². The summed E-state index contributed by atoms with van der Waals surface area (Å²) in [5, 5.41) is 0.271. The Morgan fingerprint density at radius 2 is 1.86 bits per heavy atom. The minimum absolute atomic E-state index is 0.0564. The van der Waals surface area contributed by atoms with E-state index in [9.17, 15) is 9.18 Å². The van der Waals surface area contributed by atoms with Gasteiger partial charge in [-0.25, -0.2) is 9.07 Å². The molecule has 112 valence electrons. The third kappa shape index (κ3) is 2.33. The first-order valence-electron chi connectivity index (χ1n) is 6.32. The molecule has 8 heteroatoms. The summed E-state index contributed by atoms with van der Waals surface area (Å²) in [6.07, 6.45) is 0. The van der Waals surface area contributed by atoms with Crippen LogP contribution in [0, 0.1) is 5.82 Å². The van der Waals surface area contributed by atoms with Crippen LogP contribution in [0.4, 0.5) is 10.1 Å². The van der Waals surface area contributed by atoms with E-state index >= 15 is 0 Å². The van der Waals surface area contributed by atoms with Crippen molar-refractivity contribution in [3.05, 3.63) is 38.5 Å². The lowest BCUT2D eigenvalue weighted by Gasteiger charge is -2.06. The number of nitrogens with two attached hydrogens (primary N) is 1. The maximum atomic E-state index is 14.1. The van der Waals surface area contributed by atoms with Crippen molar-refractivity contribution in [3.8, 4) is 11.1 Å². The van der Waals surface area contributed by atoms with E-state index in [-0.39, 0.29) is 32.5 Å². The van der Waals surface area contributed by atoms with E-state index in [1.165, 1.54) is 10.7 Å². The molecule has 1 aromatic heterocycles. The predicted octanol–water partition coefficient (Wildman–Crippen LogP) is 2.38. The summed E-state index contributed by atoms with van der Waals surface area (Å²) in [6, 6.07) is 2.41. The number of rotatable bonds is 1. The monoisotopic (exact) mass is 331 g/mol. The number of hydrogen-bond donors (Lipinski definition) is 1. The molecule has 0 unspecified atom stereocenters. The molecule has 0 spiro atoms. The number of nitrogen functional groups attached to an aromatic ring is 1. The van der Waals surface area contributed by atoms with Crippen molar-refractivity contribution in [1.82, 2.24) is 9.36 Å². The number of nitrogens with zero attached hydrogens (tertiary/aromatic N) is 2. The highest BCUT2D eigenvalue weighted by Crippen LogP contribution is 2.32. The van der Waals surface area contributed by atoms with Gasteiger partial charge in [-0.05, 0) is 12.1 Å². The van der Waals surface area contributed by atoms with Gasteiger partial charge in [0.15, 0.2) is 0 Å². The highest BCUT2D eigenvalue weighted by atomic mass is 35.5. The second-order valence-electron chi connectivity index (χ2n) is 4.68. The maximum absolute atomic E-state index is 14.1. The summed E-state index contributed by atoms with van der Waals surface area (Å²) in [4.78, 5) is 12.5. The Bertz CT molecular complexity index is 770. The van der Waals surface area contributed by atoms with Crippen LogP contribution in [0.25, 0.3) is 11.1 Å². The van der Waals surface area contributed by atoms with Crippen molar-refractivity contribution < 1.29 is 9.13 Å². The third-order valence-electron chi connectivity index (χ3n) is 3.42. The summed E-state index contributed by atoms with van der Waals surface area (Å²) in [5.41, 5.74) is 5.67. The molecule has 0 saturated heterocycles. The predicted molar refractivity (Wildman–Crippen MR) is 79.3 cm³/mol. The average molecular weight is 332 g/mol. The number of aromatic nitrogens is 2. The van der Waals surface area contributed by atoms with Crippen LogP contribution >= 0.6 is 23.2 Å². The Kier molecular flexibility index (Phi) is 3.69. The fraction of sp³-hybridized carbons (Fsp3) is 0.308. The quantitative estimate of drug-likeness (QED) is 0.816. The van der Waals surface area contributed by atoms with E-state index in [1.807, 2.05) is 0 Å². The van der Waals surface area contributed by atoms with Gasteiger partial charge in [0.05, 0.1) is 42.6 Å². The summed E-state index contributed by atoms with van der Waals surface area (Å²) in [7, 11) is 0. The van der Waals surface area contributed by atoms with Crippen molar-refractivity contribution in [2.75, 3.05) is 18.9 Å². The number of benzene rings is 1. The Morgan fingerprint density at radius 1 is 1.19 bits per heavy atom. The minimum atomic E-state index is -0.634. The minimum Gasteiger partial charge on any atom is -0.398 e. The zero-order valence-corrected chi connectivity index (χ0v) is 12.4. The molecule has 1 aliphatic rings. The highest BCUT2D eigenvalue weighted by molar-refractivity contribution is 6.33. The Morgan fingerprint density at radius 3 is 2.57 bits per heavy atom. The molecular weight excluding hydrogens is 320 g/mol. The number of halogens is 3. The van der Waals surface area contributed by atoms with Crippen molar-refractivity contribution in [1.29, 1.82) is 0 Å². The van der Waals surface area contributed by atoms with E-state index in [0.717, 1.165) is 6.07 Å². The molecule has 21 heavy (non-hydrogen) atoms. The van der Waals surface area contributed by atoms with E-state index < -0.39 is 5.82 Å². The zero-order valence-electron chi connectivity index (χ0n) is 10.9. The Labute approximate surface area is 129 Å². The lowest BCUT2D eigenvalue weighted by atomic mass is 10.1. The van der Waals surface area contributed by atoms with Crippen LogP contribution in [-0.2, 0) is 17.8 Å². The van der Waals surface area contributed by atoms with Gasteiger partial charge in [-0.1, -0.05) is 23.2 Å². The van der Waals surface area contributed by atoms with Gasteiger partial charge < -0.3 is 10.5 Å². The van der Waals surface area contributed by atoms with Crippen molar-refractivity contribution in [2.24, 2.45) is 0 Å². The first-order chi connectivity index (χ1) is 10.0. The molecule has 0 bridgehead atoms. The average Bonchev–Trinajstić information content (AvgIpc) is 2.63. The molecule has 2 heterocycles. The summed E-state index contributed by atoms with van der Waals surface area (Å²) >= 11 is 12.0. The lowest BCUT2D eigenvalue weighted by molar-refractivity contribution is 0.137. The number of anilines is 1. The normalized spacial score (nSPS) is 14.8. The number of hydrogen-bond acceptors (Lipinski definition) is 3. The smallest absolute Gasteiger partial charge is 0.276 e. The Hall–Kier alpha value is -1.50. The van der Waals surface area contributed by atoms with Crippen LogP contribution in [0.1, 0.15) is 0 Å². The first kappa shape index (κ1) is 14.4. The standard InChI is InChI=1S/C13H12Cl2FN3O2/c14-8-6-9(16)7(5-10(8)17)11-12(15)18-1-3-21-4-2-19(18)13(11)20/h5-6H,1-4,17H2. The molecule has 1 aliphatic heterocycles. The molecule has 0 aliphatic carbocycles. The van der Waals surface area contributed by atoms with Gasteiger partial charge >= 0.3 is 0 Å². The van der Waals surface area contributed by atoms with Crippen LogP contribution in [-0.4, -0.2) is 22.6 Å². The van der Waals surface area contributed by atoms with Crippen LogP contribution in [0.5, 0.6) is 0 Å². The fourth-order valence-electron chi connectivity index (χ4n) is 2.39. The molecule has 3 rings (SSSR count). The summed E-state index contributed by atoms with van der Waals surface area (Å²) < 4.78 is 22.5. The van der Waals surface area contributed by atoms with Gasteiger partial charge in [-0.3, -0.25) is 9.48 Å². The number of fused-ring (bicyclic) bond motifs is 1. The van der Waals surface area contributed by atoms with E-state index in [4.69, 9.17) is 33.7 Å². The SMILES string of the molecule is Nc1cc(-c2c(Cl)n3n(c2=O)CCOCC3)c(F)cc1Cl. The molecule has 5 nitrogen and oxygen atoms in total. The maximum Gasteiger partial charge on any atom is 0.276 e. The first-order valence-corrected chi connectivity index (χ1v) is 7.08. The van der Waals surface area contributed by atoms with E-state index in [0.29, 0.717) is 26.3 Å². The van der Waals surface area contributed by atoms with Gasteiger partial charge in [0, 0.05) is 5.56 Å². The molecule has 0 fully saturated rings. The summed E-state index contributed by atoms with van der Waals surface area (Å²) in [6.45, 7) is 1.64. The van der Waals surface area contributed by atoms with Crippen LogP contribution in [0.3, 0.4) is 0 Å². The molecule has 1 aromatic carbocycles. The largest absolute Gasteiger partial charge is 0.398 e. The second kappa shape index (κ2) is 5.36. The lowest BCUT2D eigenvalue weighted by Crippen LogP contribution is -2.23. The van der Waals surface area contributed by atoms with Gasteiger partial charge in [0.1, 0.15) is 11.0 Å². The molecule has 0 saturated carbocycles. The van der Waals surface area contributed by atoms with Gasteiger partial charge in [0.25, 0.3) is 5.56 Å². The molecule has 0 atom stereocenters. The van der Waals surface area contributed by atoms with Gasteiger partial charge in [0.2, 0.25) is 0 Å². The molecule has 2 aromatic rings. The molecule has 2 N–H and O–H groups in total. The van der Waals surface area contributed by atoms with Crippen LogP contribution < -0.4 is 11.3 Å². The highest BCUT2D eigenvalue weighted by Gasteiger charge is 2.24. The van der Waals surface area contributed by atoms with E-state index in [2.05, 4.69) is 0 Å².